The minimum Gasteiger partial charge on any atom is -0.393 e. The van der Waals surface area contributed by atoms with Gasteiger partial charge in [0.2, 0.25) is 5.91 Å². The number of hydrogen-bond donors (Lipinski definition) is 3. The molecular formula is C14H19N3O4. The van der Waals surface area contributed by atoms with Crippen molar-refractivity contribution in [1.82, 2.24) is 0 Å². The maximum atomic E-state index is 11.3. The Kier molecular flexibility index (Phi) is 4.74. The molecule has 1 heterocycles. The summed E-state index contributed by atoms with van der Waals surface area (Å²) < 4.78 is 0. The van der Waals surface area contributed by atoms with Gasteiger partial charge < -0.3 is 15.7 Å². The van der Waals surface area contributed by atoms with E-state index in [9.17, 15) is 20.0 Å². The smallest absolute Gasteiger partial charge is 0.294 e. The van der Waals surface area contributed by atoms with E-state index in [-0.39, 0.29) is 11.6 Å². The average molecular weight is 293 g/mol. The van der Waals surface area contributed by atoms with Gasteiger partial charge in [-0.05, 0) is 30.9 Å². The number of nitrogens with one attached hydrogen (secondary N) is 2. The van der Waals surface area contributed by atoms with E-state index in [1.54, 1.807) is 6.07 Å². The molecule has 0 saturated carbocycles. The Morgan fingerprint density at radius 3 is 2.90 bits per heavy atom. The zero-order valence-electron chi connectivity index (χ0n) is 11.9. The standard InChI is InChI=1S/C14H19N3O4/c1-2-10(18)5-6-15-12-7-9-3-4-14(19)16-11(9)8-13(12)17(20)21/h7-8,10,15,18H,2-6H2,1H3,(H,16,19). The molecule has 1 unspecified atom stereocenters. The molecular weight excluding hydrogens is 274 g/mol. The van der Waals surface area contributed by atoms with Crippen molar-refractivity contribution in [3.63, 3.8) is 0 Å². The van der Waals surface area contributed by atoms with Crippen molar-refractivity contribution in [2.24, 2.45) is 0 Å². The number of aryl methyl sites for hydroxylation is 1. The number of hydrogen-bond acceptors (Lipinski definition) is 5. The van der Waals surface area contributed by atoms with Crippen molar-refractivity contribution in [1.29, 1.82) is 0 Å². The van der Waals surface area contributed by atoms with E-state index in [2.05, 4.69) is 10.6 Å². The summed E-state index contributed by atoms with van der Waals surface area (Å²) in [7, 11) is 0. The van der Waals surface area contributed by atoms with E-state index >= 15 is 0 Å². The fraction of sp³-hybridized carbons (Fsp3) is 0.500. The summed E-state index contributed by atoms with van der Waals surface area (Å²) in [4.78, 5) is 22.0. The molecule has 0 spiro atoms. The molecule has 0 saturated heterocycles. The first-order chi connectivity index (χ1) is 10.0. The summed E-state index contributed by atoms with van der Waals surface area (Å²) in [5.41, 5.74) is 1.76. The molecule has 7 nitrogen and oxygen atoms in total. The number of fused-ring (bicyclic) bond motifs is 1. The van der Waals surface area contributed by atoms with Gasteiger partial charge in [-0.1, -0.05) is 6.92 Å². The maximum Gasteiger partial charge on any atom is 0.294 e. The predicted octanol–water partition coefficient (Wildman–Crippen LogP) is 2.05. The Hall–Kier alpha value is -2.15. The Morgan fingerprint density at radius 1 is 1.48 bits per heavy atom. The molecule has 1 amide bonds. The number of amides is 1. The molecule has 3 N–H and O–H groups in total. The molecule has 1 atom stereocenters. The lowest BCUT2D eigenvalue weighted by atomic mass is 10.0. The molecule has 1 aromatic rings. The van der Waals surface area contributed by atoms with Gasteiger partial charge in [-0.15, -0.1) is 0 Å². The highest BCUT2D eigenvalue weighted by atomic mass is 16.6. The van der Waals surface area contributed by atoms with Gasteiger partial charge >= 0.3 is 0 Å². The zero-order chi connectivity index (χ0) is 15.4. The highest BCUT2D eigenvalue weighted by molar-refractivity contribution is 5.95. The first kappa shape index (κ1) is 15.2. The summed E-state index contributed by atoms with van der Waals surface area (Å²) in [6.45, 7) is 2.34. The molecule has 1 aliphatic heterocycles. The van der Waals surface area contributed by atoms with Gasteiger partial charge in [0.15, 0.2) is 0 Å². The third kappa shape index (κ3) is 3.69. The number of carbonyl (C=O) groups is 1. The largest absolute Gasteiger partial charge is 0.393 e. The number of rotatable bonds is 6. The van der Waals surface area contributed by atoms with Crippen molar-refractivity contribution in [2.45, 2.75) is 38.7 Å². The monoisotopic (exact) mass is 293 g/mol. The number of carbonyl (C=O) groups excluding carboxylic acids is 1. The topological polar surface area (TPSA) is 104 Å². The number of anilines is 2. The van der Waals surface area contributed by atoms with Gasteiger partial charge in [-0.3, -0.25) is 14.9 Å². The van der Waals surface area contributed by atoms with E-state index in [1.165, 1.54) is 6.07 Å². The SMILES string of the molecule is CCC(O)CCNc1cc2c(cc1[N+](=O)[O-])NC(=O)CC2. The Bertz CT molecular complexity index is 559. The third-order valence-corrected chi connectivity index (χ3v) is 3.58. The van der Waals surface area contributed by atoms with Gasteiger partial charge in [-0.2, -0.15) is 0 Å². The number of benzene rings is 1. The number of nitrogens with zero attached hydrogens (tertiary/aromatic N) is 1. The van der Waals surface area contributed by atoms with Crippen LogP contribution in [-0.2, 0) is 11.2 Å². The second kappa shape index (κ2) is 6.53. The van der Waals surface area contributed by atoms with Crippen molar-refractivity contribution in [2.75, 3.05) is 17.2 Å². The van der Waals surface area contributed by atoms with Crippen LogP contribution in [0.4, 0.5) is 17.1 Å². The Balaban J connectivity index is 2.19. The highest BCUT2D eigenvalue weighted by Gasteiger charge is 2.22. The number of aliphatic hydroxyl groups is 1. The van der Waals surface area contributed by atoms with Gasteiger partial charge in [0.05, 0.1) is 16.7 Å². The lowest BCUT2D eigenvalue weighted by molar-refractivity contribution is -0.383. The van der Waals surface area contributed by atoms with Gasteiger partial charge in [0.25, 0.3) is 5.69 Å². The van der Waals surface area contributed by atoms with Crippen LogP contribution in [0.25, 0.3) is 0 Å². The summed E-state index contributed by atoms with van der Waals surface area (Å²) in [5, 5.41) is 26.3. The fourth-order valence-electron chi connectivity index (χ4n) is 2.29. The van der Waals surface area contributed by atoms with Crippen LogP contribution in [0, 0.1) is 10.1 Å². The van der Waals surface area contributed by atoms with Crippen LogP contribution in [0.5, 0.6) is 0 Å². The molecule has 114 valence electrons. The molecule has 0 radical (unpaired) electrons. The van der Waals surface area contributed by atoms with E-state index in [1.807, 2.05) is 6.92 Å². The van der Waals surface area contributed by atoms with Crippen LogP contribution in [0.3, 0.4) is 0 Å². The summed E-state index contributed by atoms with van der Waals surface area (Å²) in [5.74, 6) is -0.122. The molecule has 1 aromatic carbocycles. The zero-order valence-corrected chi connectivity index (χ0v) is 11.9. The number of aliphatic hydroxyl groups excluding tert-OH is 1. The summed E-state index contributed by atoms with van der Waals surface area (Å²) >= 11 is 0. The Labute approximate surface area is 122 Å². The lowest BCUT2D eigenvalue weighted by Crippen LogP contribution is -2.20. The van der Waals surface area contributed by atoms with Crippen LogP contribution >= 0.6 is 0 Å². The van der Waals surface area contributed by atoms with Crippen LogP contribution in [-0.4, -0.2) is 28.6 Å². The maximum absolute atomic E-state index is 11.3. The minimum atomic E-state index is -0.473. The van der Waals surface area contributed by atoms with E-state index in [4.69, 9.17) is 0 Å². The second-order valence-corrected chi connectivity index (χ2v) is 5.11. The fourth-order valence-corrected chi connectivity index (χ4v) is 2.29. The molecule has 1 aliphatic rings. The molecule has 0 bridgehead atoms. The normalized spacial score (nSPS) is 15.0. The third-order valence-electron chi connectivity index (χ3n) is 3.58. The second-order valence-electron chi connectivity index (χ2n) is 5.11. The summed E-state index contributed by atoms with van der Waals surface area (Å²) in [6, 6.07) is 3.11. The van der Waals surface area contributed by atoms with Crippen molar-refractivity contribution >= 4 is 23.0 Å². The molecule has 2 rings (SSSR count). The summed E-state index contributed by atoms with van der Waals surface area (Å²) in [6.07, 6.45) is 1.74. The minimum absolute atomic E-state index is 0.0676. The molecule has 7 heteroatoms. The van der Waals surface area contributed by atoms with Crippen LogP contribution in [0.1, 0.15) is 31.7 Å². The van der Waals surface area contributed by atoms with Crippen molar-refractivity contribution in [3.05, 3.63) is 27.8 Å². The first-order valence-electron chi connectivity index (χ1n) is 7.04. The quantitative estimate of drug-likeness (QED) is 0.550. The van der Waals surface area contributed by atoms with Crippen LogP contribution < -0.4 is 10.6 Å². The molecule has 21 heavy (non-hydrogen) atoms. The van der Waals surface area contributed by atoms with E-state index in [0.717, 1.165) is 5.56 Å². The van der Waals surface area contributed by atoms with Crippen LogP contribution in [0.2, 0.25) is 0 Å². The van der Waals surface area contributed by atoms with Crippen LogP contribution in [0.15, 0.2) is 12.1 Å². The molecule has 0 aromatic heterocycles. The Morgan fingerprint density at radius 2 is 2.24 bits per heavy atom. The highest BCUT2D eigenvalue weighted by Crippen LogP contribution is 2.34. The van der Waals surface area contributed by atoms with Gasteiger partial charge in [-0.25, -0.2) is 0 Å². The number of nitro groups is 1. The average Bonchev–Trinajstić information content (AvgIpc) is 2.46. The van der Waals surface area contributed by atoms with Crippen molar-refractivity contribution < 1.29 is 14.8 Å². The van der Waals surface area contributed by atoms with Gasteiger partial charge in [0, 0.05) is 19.0 Å². The van der Waals surface area contributed by atoms with E-state index < -0.39 is 11.0 Å². The van der Waals surface area contributed by atoms with Gasteiger partial charge in [0.1, 0.15) is 5.69 Å². The number of nitro benzene ring substituents is 1. The lowest BCUT2D eigenvalue weighted by Gasteiger charge is -2.18. The predicted molar refractivity (Wildman–Crippen MR) is 79.5 cm³/mol. The first-order valence-corrected chi connectivity index (χ1v) is 7.04. The molecule has 0 fully saturated rings. The van der Waals surface area contributed by atoms with E-state index in [0.29, 0.717) is 43.6 Å². The van der Waals surface area contributed by atoms with Crippen molar-refractivity contribution in [3.8, 4) is 0 Å². The molecule has 0 aliphatic carbocycles.